The van der Waals surface area contributed by atoms with Crippen molar-refractivity contribution in [3.8, 4) is 11.3 Å². The van der Waals surface area contributed by atoms with E-state index < -0.39 is 0 Å². The molecule has 3 rings (SSSR count). The van der Waals surface area contributed by atoms with Crippen LogP contribution in [0.1, 0.15) is 18.0 Å². The van der Waals surface area contributed by atoms with Crippen molar-refractivity contribution in [1.29, 1.82) is 0 Å². The second-order valence-corrected chi connectivity index (χ2v) is 5.16. The van der Waals surface area contributed by atoms with Crippen LogP contribution in [0.25, 0.3) is 22.2 Å². The summed E-state index contributed by atoms with van der Waals surface area (Å²) in [5.74, 6) is 0. The van der Waals surface area contributed by atoms with E-state index >= 15 is 0 Å². The van der Waals surface area contributed by atoms with Crippen molar-refractivity contribution >= 4 is 23.3 Å². The van der Waals surface area contributed by atoms with Gasteiger partial charge in [0.25, 0.3) is 0 Å². The van der Waals surface area contributed by atoms with Gasteiger partial charge in [-0.2, -0.15) is 0 Å². The summed E-state index contributed by atoms with van der Waals surface area (Å²) in [6.07, 6.45) is 0.766. The van der Waals surface area contributed by atoms with Gasteiger partial charge in [-0.3, -0.25) is 0 Å². The molecule has 0 fully saturated rings. The molecule has 22 heavy (non-hydrogen) atoms. The van der Waals surface area contributed by atoms with Crippen molar-refractivity contribution < 1.29 is 0 Å². The fourth-order valence-electron chi connectivity index (χ4n) is 2.60. The highest BCUT2D eigenvalue weighted by Crippen LogP contribution is 2.28. The van der Waals surface area contributed by atoms with Crippen LogP contribution in [0.2, 0.25) is 0 Å². The highest BCUT2D eigenvalue weighted by atomic mass is 35.5. The molecule has 2 aromatic carbocycles. The van der Waals surface area contributed by atoms with Crippen molar-refractivity contribution in [2.24, 2.45) is 11.5 Å². The van der Waals surface area contributed by atoms with Crippen LogP contribution in [0.15, 0.2) is 60.7 Å². The lowest BCUT2D eigenvalue weighted by Gasteiger charge is -2.15. The number of hydrogen-bond acceptors (Lipinski definition) is 3. The van der Waals surface area contributed by atoms with Gasteiger partial charge in [-0.05, 0) is 30.7 Å². The minimum atomic E-state index is -0.0645. The zero-order valence-electron chi connectivity index (χ0n) is 12.3. The number of halogens is 1. The molecule has 3 aromatic rings. The maximum Gasteiger partial charge on any atom is 0.0713 e. The number of fused-ring (bicyclic) bond motifs is 1. The van der Waals surface area contributed by atoms with Crippen LogP contribution in [0.5, 0.6) is 0 Å². The van der Waals surface area contributed by atoms with Gasteiger partial charge in [0.2, 0.25) is 0 Å². The summed E-state index contributed by atoms with van der Waals surface area (Å²) in [6.45, 7) is 0.582. The maximum atomic E-state index is 6.31. The second-order valence-electron chi connectivity index (χ2n) is 5.16. The minimum absolute atomic E-state index is 0. The number of rotatable bonds is 4. The summed E-state index contributed by atoms with van der Waals surface area (Å²) < 4.78 is 0. The molecule has 1 aromatic heterocycles. The molecule has 114 valence electrons. The molecule has 0 spiro atoms. The predicted molar refractivity (Wildman–Crippen MR) is 95.0 cm³/mol. The summed E-state index contributed by atoms with van der Waals surface area (Å²) in [5, 5.41) is 1.11. The molecule has 0 saturated heterocycles. The fourth-order valence-corrected chi connectivity index (χ4v) is 2.60. The standard InChI is InChI=1S/C18H19N3.ClH/c19-11-10-16(20)15-12-18(13-6-2-1-3-7-13)21-17-9-5-4-8-14(15)17;/h1-9,12,16H,10-11,19-20H2;1H. The van der Waals surface area contributed by atoms with E-state index in [1.807, 2.05) is 36.4 Å². The Morgan fingerprint density at radius 1 is 0.955 bits per heavy atom. The van der Waals surface area contributed by atoms with E-state index in [2.05, 4.69) is 24.3 Å². The molecule has 0 aliphatic heterocycles. The van der Waals surface area contributed by atoms with E-state index in [-0.39, 0.29) is 18.4 Å². The molecule has 4 heteroatoms. The van der Waals surface area contributed by atoms with Gasteiger partial charge in [-0.25, -0.2) is 4.98 Å². The zero-order valence-corrected chi connectivity index (χ0v) is 13.1. The van der Waals surface area contributed by atoms with Crippen LogP contribution in [-0.2, 0) is 0 Å². The molecule has 0 aliphatic carbocycles. The molecular weight excluding hydrogens is 294 g/mol. The zero-order chi connectivity index (χ0) is 14.7. The molecule has 0 saturated carbocycles. The minimum Gasteiger partial charge on any atom is -0.330 e. The van der Waals surface area contributed by atoms with E-state index in [4.69, 9.17) is 16.5 Å². The van der Waals surface area contributed by atoms with Gasteiger partial charge in [-0.15, -0.1) is 12.4 Å². The smallest absolute Gasteiger partial charge is 0.0713 e. The number of nitrogens with two attached hydrogens (primary N) is 2. The number of aromatic nitrogens is 1. The first kappa shape index (κ1) is 16.4. The third kappa shape index (κ3) is 3.28. The summed E-state index contributed by atoms with van der Waals surface area (Å²) in [5.41, 5.74) is 16.1. The van der Waals surface area contributed by atoms with E-state index in [1.54, 1.807) is 0 Å². The molecule has 4 N–H and O–H groups in total. The van der Waals surface area contributed by atoms with Crippen molar-refractivity contribution in [1.82, 2.24) is 4.98 Å². The van der Waals surface area contributed by atoms with Gasteiger partial charge >= 0.3 is 0 Å². The highest BCUT2D eigenvalue weighted by molar-refractivity contribution is 5.86. The molecular formula is C18H20ClN3. The highest BCUT2D eigenvalue weighted by Gasteiger charge is 2.12. The average Bonchev–Trinajstić information content (AvgIpc) is 2.55. The molecule has 1 unspecified atom stereocenters. The third-order valence-electron chi connectivity index (χ3n) is 3.69. The summed E-state index contributed by atoms with van der Waals surface area (Å²) in [6, 6.07) is 20.3. The van der Waals surface area contributed by atoms with Gasteiger partial charge in [-0.1, -0.05) is 48.5 Å². The maximum absolute atomic E-state index is 6.31. The first-order chi connectivity index (χ1) is 10.3. The lowest BCUT2D eigenvalue weighted by Crippen LogP contribution is -2.16. The summed E-state index contributed by atoms with van der Waals surface area (Å²) in [4.78, 5) is 4.76. The van der Waals surface area contributed by atoms with E-state index in [9.17, 15) is 0 Å². The molecule has 0 aliphatic rings. The first-order valence-electron chi connectivity index (χ1n) is 7.20. The Bertz CT molecular complexity index is 744. The van der Waals surface area contributed by atoms with Gasteiger partial charge in [0.05, 0.1) is 11.2 Å². The molecule has 0 bridgehead atoms. The van der Waals surface area contributed by atoms with Crippen LogP contribution in [0.3, 0.4) is 0 Å². The van der Waals surface area contributed by atoms with E-state index in [0.29, 0.717) is 6.54 Å². The largest absolute Gasteiger partial charge is 0.330 e. The SMILES string of the molecule is Cl.NCCC(N)c1cc(-c2ccccc2)nc2ccccc12. The molecule has 0 amide bonds. The second kappa shape index (κ2) is 7.36. The number of benzene rings is 2. The van der Waals surface area contributed by atoms with Gasteiger partial charge < -0.3 is 11.5 Å². The van der Waals surface area contributed by atoms with Crippen molar-refractivity contribution in [3.63, 3.8) is 0 Å². The summed E-state index contributed by atoms with van der Waals surface area (Å²) in [7, 11) is 0. The summed E-state index contributed by atoms with van der Waals surface area (Å²) >= 11 is 0. The number of hydrogen-bond donors (Lipinski definition) is 2. The van der Waals surface area contributed by atoms with E-state index in [0.717, 1.165) is 34.1 Å². The Morgan fingerprint density at radius 3 is 2.36 bits per heavy atom. The van der Waals surface area contributed by atoms with Crippen molar-refractivity contribution in [2.45, 2.75) is 12.5 Å². The van der Waals surface area contributed by atoms with Crippen LogP contribution in [-0.4, -0.2) is 11.5 Å². The van der Waals surface area contributed by atoms with Crippen LogP contribution < -0.4 is 11.5 Å². The molecule has 1 atom stereocenters. The first-order valence-corrected chi connectivity index (χ1v) is 7.20. The van der Waals surface area contributed by atoms with Gasteiger partial charge in [0, 0.05) is 17.0 Å². The van der Waals surface area contributed by atoms with Gasteiger partial charge in [0.1, 0.15) is 0 Å². The number of pyridine rings is 1. The van der Waals surface area contributed by atoms with E-state index in [1.165, 1.54) is 0 Å². The van der Waals surface area contributed by atoms with Crippen LogP contribution >= 0.6 is 12.4 Å². The van der Waals surface area contributed by atoms with Crippen LogP contribution in [0, 0.1) is 0 Å². The van der Waals surface area contributed by atoms with Crippen molar-refractivity contribution in [3.05, 3.63) is 66.2 Å². The monoisotopic (exact) mass is 313 g/mol. The average molecular weight is 314 g/mol. The van der Waals surface area contributed by atoms with Crippen LogP contribution in [0.4, 0.5) is 0 Å². The lowest BCUT2D eigenvalue weighted by molar-refractivity contribution is 0.665. The Morgan fingerprint density at radius 2 is 1.64 bits per heavy atom. The number of para-hydroxylation sites is 1. The lowest BCUT2D eigenvalue weighted by atomic mass is 9.97. The molecule has 3 nitrogen and oxygen atoms in total. The normalized spacial score (nSPS) is 11.9. The number of nitrogens with zero attached hydrogens (tertiary/aromatic N) is 1. The molecule has 0 radical (unpaired) electrons. The quantitative estimate of drug-likeness (QED) is 0.772. The Labute approximate surface area is 136 Å². The van der Waals surface area contributed by atoms with Crippen molar-refractivity contribution in [2.75, 3.05) is 6.54 Å². The topological polar surface area (TPSA) is 64.9 Å². The predicted octanol–water partition coefficient (Wildman–Crippen LogP) is 3.67. The molecule has 1 heterocycles. The third-order valence-corrected chi connectivity index (χ3v) is 3.69. The fraction of sp³-hybridized carbons (Fsp3) is 0.167. The Hall–Kier alpha value is -1.94. The Kier molecular flexibility index (Phi) is 5.50. The van der Waals surface area contributed by atoms with Gasteiger partial charge in [0.15, 0.2) is 0 Å². The Balaban J connectivity index is 0.00000176.